The van der Waals surface area contributed by atoms with Crippen LogP contribution in [0.15, 0.2) is 78.6 Å². The van der Waals surface area contributed by atoms with Crippen LogP contribution >= 0.6 is 0 Å². The van der Waals surface area contributed by atoms with Crippen molar-refractivity contribution in [3.05, 3.63) is 79.0 Å². The Bertz CT molecular complexity index is 1000. The summed E-state index contributed by atoms with van der Waals surface area (Å²) in [4.78, 5) is 0. The van der Waals surface area contributed by atoms with Gasteiger partial charge in [-0.25, -0.2) is 9.36 Å². The second-order valence-electron chi connectivity index (χ2n) is 5.53. The van der Waals surface area contributed by atoms with E-state index in [1.807, 2.05) is 65.5 Å². The zero-order chi connectivity index (χ0) is 17.8. The third-order valence-electron chi connectivity index (χ3n) is 3.86. The fourth-order valence-electron chi connectivity index (χ4n) is 2.55. The minimum atomic E-state index is 0.802. The predicted molar refractivity (Wildman–Crippen MR) is 98.6 cm³/mol. The zero-order valence-corrected chi connectivity index (χ0v) is 14.1. The van der Waals surface area contributed by atoms with Crippen LogP contribution in [0.25, 0.3) is 16.9 Å². The maximum Gasteiger partial charge on any atom is 0.141 e. The van der Waals surface area contributed by atoms with E-state index in [1.54, 1.807) is 13.3 Å². The Morgan fingerprint density at radius 2 is 1.69 bits per heavy atom. The summed E-state index contributed by atoms with van der Waals surface area (Å²) in [5.74, 6) is 0.802. The summed E-state index contributed by atoms with van der Waals surface area (Å²) < 4.78 is 8.62. The van der Waals surface area contributed by atoms with Crippen LogP contribution in [0.5, 0.6) is 5.75 Å². The van der Waals surface area contributed by atoms with Gasteiger partial charge in [-0.15, -0.1) is 10.2 Å². The van der Waals surface area contributed by atoms with Crippen molar-refractivity contribution in [1.29, 1.82) is 0 Å². The van der Waals surface area contributed by atoms with E-state index in [-0.39, 0.29) is 0 Å². The van der Waals surface area contributed by atoms with Gasteiger partial charge in [0, 0.05) is 17.3 Å². The van der Waals surface area contributed by atoms with Gasteiger partial charge in [-0.3, -0.25) is 0 Å². The molecular weight excluding hydrogens is 328 g/mol. The van der Waals surface area contributed by atoms with Gasteiger partial charge in [0.05, 0.1) is 19.0 Å². The molecule has 2 aromatic heterocycles. The summed E-state index contributed by atoms with van der Waals surface area (Å²) in [6.45, 7) is 0. The van der Waals surface area contributed by atoms with E-state index in [0.717, 1.165) is 28.3 Å². The van der Waals surface area contributed by atoms with Crippen molar-refractivity contribution in [1.82, 2.24) is 24.7 Å². The Labute approximate surface area is 150 Å². The summed E-state index contributed by atoms with van der Waals surface area (Å²) in [6, 6.07) is 17.7. The van der Waals surface area contributed by atoms with Crippen LogP contribution in [0.3, 0.4) is 0 Å². The molecule has 2 heterocycles. The number of ether oxygens (including phenoxy) is 1. The van der Waals surface area contributed by atoms with Crippen molar-refractivity contribution >= 4 is 6.21 Å². The number of rotatable bonds is 5. The van der Waals surface area contributed by atoms with Crippen molar-refractivity contribution in [2.24, 2.45) is 5.10 Å². The van der Waals surface area contributed by atoms with Crippen LogP contribution in [-0.2, 0) is 0 Å². The van der Waals surface area contributed by atoms with Gasteiger partial charge in [-0.05, 0) is 36.4 Å². The Kier molecular flexibility index (Phi) is 4.26. The van der Waals surface area contributed by atoms with Gasteiger partial charge in [0.25, 0.3) is 0 Å². The second-order valence-corrected chi connectivity index (χ2v) is 5.53. The third-order valence-corrected chi connectivity index (χ3v) is 3.86. The molecule has 0 amide bonds. The van der Waals surface area contributed by atoms with E-state index < -0.39 is 0 Å². The Hall–Kier alpha value is -3.74. The van der Waals surface area contributed by atoms with E-state index >= 15 is 0 Å². The van der Waals surface area contributed by atoms with Crippen LogP contribution in [0.1, 0.15) is 5.56 Å². The quantitative estimate of drug-likeness (QED) is 0.522. The molecule has 0 saturated heterocycles. The molecule has 26 heavy (non-hydrogen) atoms. The number of aromatic nitrogens is 5. The van der Waals surface area contributed by atoms with Crippen LogP contribution in [-0.4, -0.2) is 38.0 Å². The van der Waals surface area contributed by atoms with Gasteiger partial charge in [-0.1, -0.05) is 18.2 Å². The van der Waals surface area contributed by atoms with Crippen molar-refractivity contribution < 1.29 is 4.74 Å². The molecule has 0 fully saturated rings. The van der Waals surface area contributed by atoms with Crippen molar-refractivity contribution in [2.75, 3.05) is 7.11 Å². The average molecular weight is 344 g/mol. The van der Waals surface area contributed by atoms with Gasteiger partial charge in [0.2, 0.25) is 0 Å². The zero-order valence-electron chi connectivity index (χ0n) is 14.1. The lowest BCUT2D eigenvalue weighted by atomic mass is 10.1. The number of hydrogen-bond acceptors (Lipinski definition) is 5. The first kappa shape index (κ1) is 15.8. The molecule has 2 aromatic carbocycles. The lowest BCUT2D eigenvalue weighted by Gasteiger charge is -2.02. The first-order chi connectivity index (χ1) is 12.8. The van der Waals surface area contributed by atoms with E-state index in [1.165, 1.54) is 17.3 Å². The molecular formula is C19H16N6O. The molecule has 0 bridgehead atoms. The normalized spacial score (nSPS) is 11.1. The van der Waals surface area contributed by atoms with Gasteiger partial charge >= 0.3 is 0 Å². The summed E-state index contributed by atoms with van der Waals surface area (Å²) in [7, 11) is 1.65. The number of nitrogens with zero attached hydrogens (tertiary/aromatic N) is 6. The Morgan fingerprint density at radius 3 is 2.38 bits per heavy atom. The highest BCUT2D eigenvalue weighted by molar-refractivity contribution is 5.88. The first-order valence-electron chi connectivity index (χ1n) is 8.02. The van der Waals surface area contributed by atoms with Crippen LogP contribution in [0.4, 0.5) is 0 Å². The monoisotopic (exact) mass is 344 g/mol. The fourth-order valence-corrected chi connectivity index (χ4v) is 2.55. The molecule has 4 rings (SSSR count). The highest BCUT2D eigenvalue weighted by Crippen LogP contribution is 2.25. The standard InChI is InChI=1S/C19H16N6O/c1-26-18-9-7-15(8-10-18)19-16(11-22-24-13-20-21-14-24)12-25(23-19)17-5-3-2-4-6-17/h2-14H,1H3. The maximum absolute atomic E-state index is 5.24. The van der Waals surface area contributed by atoms with Crippen LogP contribution in [0, 0.1) is 0 Å². The van der Waals surface area contributed by atoms with Gasteiger partial charge in [-0.2, -0.15) is 10.2 Å². The molecule has 0 aliphatic rings. The molecule has 0 aliphatic heterocycles. The summed E-state index contributed by atoms with van der Waals surface area (Å²) in [5.41, 5.74) is 3.66. The lowest BCUT2D eigenvalue weighted by molar-refractivity contribution is 0.415. The number of methoxy groups -OCH3 is 1. The second kappa shape index (κ2) is 7.02. The molecule has 128 valence electrons. The number of hydrogen-bond donors (Lipinski definition) is 0. The largest absolute Gasteiger partial charge is 0.497 e. The van der Waals surface area contributed by atoms with Gasteiger partial charge < -0.3 is 4.74 Å². The molecule has 0 spiro atoms. The minimum Gasteiger partial charge on any atom is -0.497 e. The van der Waals surface area contributed by atoms with E-state index in [9.17, 15) is 0 Å². The predicted octanol–water partition coefficient (Wildman–Crippen LogP) is 3.02. The SMILES string of the molecule is COc1ccc(-c2nn(-c3ccccc3)cc2C=Nn2cnnc2)cc1. The first-order valence-corrected chi connectivity index (χ1v) is 8.02. The summed E-state index contributed by atoms with van der Waals surface area (Å²) in [5, 5.41) is 16.6. The molecule has 0 radical (unpaired) electrons. The van der Waals surface area contributed by atoms with Crippen molar-refractivity contribution in [3.8, 4) is 22.7 Å². The molecule has 0 N–H and O–H groups in total. The molecule has 7 nitrogen and oxygen atoms in total. The highest BCUT2D eigenvalue weighted by Gasteiger charge is 2.11. The number of para-hydroxylation sites is 1. The average Bonchev–Trinajstić information content (AvgIpc) is 3.37. The van der Waals surface area contributed by atoms with E-state index in [2.05, 4.69) is 15.3 Å². The van der Waals surface area contributed by atoms with Gasteiger partial charge in [0.1, 0.15) is 24.1 Å². The highest BCUT2D eigenvalue weighted by atomic mass is 16.5. The molecule has 4 aromatic rings. The van der Waals surface area contributed by atoms with E-state index in [0.29, 0.717) is 0 Å². The molecule has 0 aliphatic carbocycles. The molecule has 0 atom stereocenters. The fraction of sp³-hybridized carbons (Fsp3) is 0.0526. The molecule has 0 saturated carbocycles. The molecule has 0 unspecified atom stereocenters. The van der Waals surface area contributed by atoms with Gasteiger partial charge in [0.15, 0.2) is 0 Å². The van der Waals surface area contributed by atoms with Crippen LogP contribution in [0.2, 0.25) is 0 Å². The van der Waals surface area contributed by atoms with Crippen molar-refractivity contribution in [2.45, 2.75) is 0 Å². The maximum atomic E-state index is 5.24. The summed E-state index contributed by atoms with van der Waals surface area (Å²) >= 11 is 0. The Balaban J connectivity index is 1.77. The minimum absolute atomic E-state index is 0.802. The topological polar surface area (TPSA) is 70.1 Å². The smallest absolute Gasteiger partial charge is 0.141 e. The Morgan fingerprint density at radius 1 is 0.962 bits per heavy atom. The van der Waals surface area contributed by atoms with Crippen LogP contribution < -0.4 is 4.74 Å². The van der Waals surface area contributed by atoms with E-state index in [4.69, 9.17) is 9.84 Å². The van der Waals surface area contributed by atoms with Crippen molar-refractivity contribution in [3.63, 3.8) is 0 Å². The molecule has 7 heteroatoms. The summed E-state index contributed by atoms with van der Waals surface area (Å²) in [6.07, 6.45) is 6.76. The number of benzene rings is 2. The third kappa shape index (κ3) is 3.23. The lowest BCUT2D eigenvalue weighted by Crippen LogP contribution is -1.94.